The van der Waals surface area contributed by atoms with Gasteiger partial charge < -0.3 is 10.2 Å². The van der Waals surface area contributed by atoms with Crippen molar-refractivity contribution in [2.45, 2.75) is 13.3 Å². The van der Waals surface area contributed by atoms with Crippen LogP contribution in [0.25, 0.3) is 0 Å². The van der Waals surface area contributed by atoms with Crippen LogP contribution in [0, 0.1) is 12.8 Å². The van der Waals surface area contributed by atoms with Crippen LogP contribution in [0.5, 0.6) is 0 Å². The lowest BCUT2D eigenvalue weighted by molar-refractivity contribution is -0.122. The van der Waals surface area contributed by atoms with Crippen molar-refractivity contribution in [1.29, 1.82) is 0 Å². The second-order valence-corrected chi connectivity index (χ2v) is 6.57. The molecule has 0 aromatic heterocycles. The maximum absolute atomic E-state index is 12.5. The molecule has 1 fully saturated rings. The molecule has 6 heteroatoms. The predicted octanol–water partition coefficient (Wildman–Crippen LogP) is 4.29. The van der Waals surface area contributed by atoms with Gasteiger partial charge in [0.2, 0.25) is 11.8 Å². The number of anilines is 2. The second-order valence-electron chi connectivity index (χ2n) is 5.78. The molecule has 2 aromatic rings. The fourth-order valence-electron chi connectivity index (χ4n) is 2.82. The Morgan fingerprint density at radius 2 is 1.92 bits per heavy atom. The molecule has 124 valence electrons. The molecule has 3 rings (SSSR count). The molecule has 0 bridgehead atoms. The van der Waals surface area contributed by atoms with Crippen molar-refractivity contribution in [3.63, 3.8) is 0 Å². The molecule has 1 aliphatic heterocycles. The number of para-hydroxylation sites is 1. The summed E-state index contributed by atoms with van der Waals surface area (Å²) < 4.78 is 0. The van der Waals surface area contributed by atoms with Gasteiger partial charge in [-0.15, -0.1) is 0 Å². The van der Waals surface area contributed by atoms with E-state index in [-0.39, 0.29) is 18.2 Å². The van der Waals surface area contributed by atoms with Crippen molar-refractivity contribution >= 4 is 46.4 Å². The van der Waals surface area contributed by atoms with Crippen molar-refractivity contribution in [3.8, 4) is 0 Å². The number of nitrogens with one attached hydrogen (secondary N) is 1. The maximum Gasteiger partial charge on any atom is 0.229 e. The lowest BCUT2D eigenvalue weighted by Crippen LogP contribution is -2.28. The summed E-state index contributed by atoms with van der Waals surface area (Å²) >= 11 is 12.0. The zero-order valence-corrected chi connectivity index (χ0v) is 14.6. The Bertz CT molecular complexity index is 807. The first-order valence-corrected chi connectivity index (χ1v) is 8.34. The van der Waals surface area contributed by atoms with Crippen LogP contribution >= 0.6 is 23.2 Å². The van der Waals surface area contributed by atoms with Crippen molar-refractivity contribution in [1.82, 2.24) is 0 Å². The van der Waals surface area contributed by atoms with Crippen LogP contribution in [0.4, 0.5) is 11.4 Å². The van der Waals surface area contributed by atoms with Gasteiger partial charge in [0.05, 0.1) is 21.7 Å². The smallest absolute Gasteiger partial charge is 0.229 e. The number of nitrogens with zero attached hydrogens (tertiary/aromatic N) is 1. The van der Waals surface area contributed by atoms with Gasteiger partial charge >= 0.3 is 0 Å². The summed E-state index contributed by atoms with van der Waals surface area (Å²) in [7, 11) is 0. The largest absolute Gasteiger partial charge is 0.324 e. The number of amides is 2. The Kier molecular flexibility index (Phi) is 4.78. The van der Waals surface area contributed by atoms with E-state index in [4.69, 9.17) is 23.2 Å². The van der Waals surface area contributed by atoms with Crippen molar-refractivity contribution in [2.75, 3.05) is 16.8 Å². The second kappa shape index (κ2) is 6.83. The third kappa shape index (κ3) is 3.25. The van der Waals surface area contributed by atoms with E-state index in [2.05, 4.69) is 5.32 Å². The molecule has 0 spiro atoms. The number of carbonyl (C=O) groups is 2. The van der Waals surface area contributed by atoms with E-state index in [9.17, 15) is 9.59 Å². The number of hydrogen-bond donors (Lipinski definition) is 1. The van der Waals surface area contributed by atoms with E-state index in [0.717, 1.165) is 11.3 Å². The minimum atomic E-state index is -0.424. The predicted molar refractivity (Wildman–Crippen MR) is 96.7 cm³/mol. The fraction of sp³-hybridized carbons (Fsp3) is 0.222. The molecule has 1 aliphatic rings. The van der Waals surface area contributed by atoms with E-state index < -0.39 is 5.92 Å². The Morgan fingerprint density at radius 1 is 1.17 bits per heavy atom. The Morgan fingerprint density at radius 3 is 2.67 bits per heavy atom. The number of aryl methyl sites for hydroxylation is 1. The van der Waals surface area contributed by atoms with Gasteiger partial charge in [0.25, 0.3) is 0 Å². The zero-order valence-electron chi connectivity index (χ0n) is 13.1. The van der Waals surface area contributed by atoms with Crippen LogP contribution in [-0.4, -0.2) is 18.4 Å². The molecule has 1 saturated heterocycles. The Hall–Kier alpha value is -2.04. The van der Waals surface area contributed by atoms with Gasteiger partial charge in [-0.1, -0.05) is 47.5 Å². The van der Waals surface area contributed by atoms with Gasteiger partial charge in [0.1, 0.15) is 0 Å². The summed E-state index contributed by atoms with van der Waals surface area (Å²) in [6, 6.07) is 12.7. The third-order valence-corrected chi connectivity index (χ3v) is 4.93. The van der Waals surface area contributed by atoms with Crippen LogP contribution in [0.3, 0.4) is 0 Å². The number of rotatable bonds is 3. The highest BCUT2D eigenvalue weighted by Crippen LogP contribution is 2.32. The first kappa shape index (κ1) is 16.8. The van der Waals surface area contributed by atoms with Gasteiger partial charge in [-0.3, -0.25) is 9.59 Å². The molecule has 1 N–H and O–H groups in total. The highest BCUT2D eigenvalue weighted by molar-refractivity contribution is 6.44. The summed E-state index contributed by atoms with van der Waals surface area (Å²) in [5.74, 6) is -0.711. The monoisotopic (exact) mass is 362 g/mol. The van der Waals surface area contributed by atoms with Crippen molar-refractivity contribution in [3.05, 3.63) is 58.1 Å². The quantitative estimate of drug-likeness (QED) is 0.884. The van der Waals surface area contributed by atoms with Gasteiger partial charge in [-0.05, 0) is 30.7 Å². The molecule has 1 unspecified atom stereocenters. The molecule has 0 aliphatic carbocycles. The van der Waals surface area contributed by atoms with Crippen molar-refractivity contribution < 1.29 is 9.59 Å². The van der Waals surface area contributed by atoms with E-state index in [1.54, 1.807) is 23.1 Å². The molecule has 4 nitrogen and oxygen atoms in total. The van der Waals surface area contributed by atoms with E-state index in [1.807, 2.05) is 31.2 Å². The van der Waals surface area contributed by atoms with Crippen LogP contribution in [0.15, 0.2) is 42.5 Å². The normalized spacial score (nSPS) is 17.2. The lowest BCUT2D eigenvalue weighted by atomic mass is 10.1. The standard InChI is InChI=1S/C18H16Cl2N2O2/c1-11-5-2-3-8-15(11)22-10-12(9-16(22)23)18(24)21-14-7-4-6-13(19)17(14)20/h2-8,12H,9-10H2,1H3,(H,21,24). The molecule has 24 heavy (non-hydrogen) atoms. The summed E-state index contributed by atoms with van der Waals surface area (Å²) in [6.07, 6.45) is 0.179. The molecule has 1 heterocycles. The summed E-state index contributed by atoms with van der Waals surface area (Å²) in [5, 5.41) is 3.44. The molecular weight excluding hydrogens is 347 g/mol. The maximum atomic E-state index is 12.5. The van der Waals surface area contributed by atoms with Crippen LogP contribution < -0.4 is 10.2 Å². The summed E-state index contributed by atoms with van der Waals surface area (Å²) in [4.78, 5) is 26.5. The lowest BCUT2D eigenvalue weighted by Gasteiger charge is -2.19. The average molecular weight is 363 g/mol. The van der Waals surface area contributed by atoms with E-state index >= 15 is 0 Å². The minimum Gasteiger partial charge on any atom is -0.324 e. The fourth-order valence-corrected chi connectivity index (χ4v) is 3.17. The van der Waals surface area contributed by atoms with Gasteiger partial charge in [-0.2, -0.15) is 0 Å². The van der Waals surface area contributed by atoms with Crippen LogP contribution in [-0.2, 0) is 9.59 Å². The number of halogens is 2. The highest BCUT2D eigenvalue weighted by atomic mass is 35.5. The Labute approximate surface area is 150 Å². The first-order chi connectivity index (χ1) is 11.5. The SMILES string of the molecule is Cc1ccccc1N1CC(C(=O)Nc2cccc(Cl)c2Cl)CC1=O. The third-order valence-electron chi connectivity index (χ3n) is 4.11. The topological polar surface area (TPSA) is 49.4 Å². The zero-order chi connectivity index (χ0) is 17.3. The minimum absolute atomic E-state index is 0.0540. The molecule has 1 atom stereocenters. The van der Waals surface area contributed by atoms with Crippen LogP contribution in [0.2, 0.25) is 10.0 Å². The molecular formula is C18H16Cl2N2O2. The molecule has 2 amide bonds. The number of benzene rings is 2. The van der Waals surface area contributed by atoms with Gasteiger partial charge in [0.15, 0.2) is 0 Å². The van der Waals surface area contributed by atoms with Crippen molar-refractivity contribution in [2.24, 2.45) is 5.92 Å². The number of hydrogen-bond acceptors (Lipinski definition) is 2. The first-order valence-electron chi connectivity index (χ1n) is 7.58. The number of carbonyl (C=O) groups excluding carboxylic acids is 2. The molecule has 0 radical (unpaired) electrons. The summed E-state index contributed by atoms with van der Waals surface area (Å²) in [6.45, 7) is 2.30. The van der Waals surface area contributed by atoms with E-state index in [0.29, 0.717) is 22.3 Å². The van der Waals surface area contributed by atoms with Gasteiger partial charge in [-0.25, -0.2) is 0 Å². The highest BCUT2D eigenvalue weighted by Gasteiger charge is 2.35. The summed E-state index contributed by atoms with van der Waals surface area (Å²) in [5.41, 5.74) is 2.30. The van der Waals surface area contributed by atoms with Gasteiger partial charge in [0, 0.05) is 18.7 Å². The Balaban J connectivity index is 1.75. The molecule has 2 aromatic carbocycles. The van der Waals surface area contributed by atoms with E-state index in [1.165, 1.54) is 0 Å². The van der Waals surface area contributed by atoms with Crippen LogP contribution in [0.1, 0.15) is 12.0 Å². The molecule has 0 saturated carbocycles. The average Bonchev–Trinajstić information content (AvgIpc) is 2.94.